The molecule has 1 N–H and O–H groups in total. The summed E-state index contributed by atoms with van der Waals surface area (Å²) >= 11 is 0. The molecule has 0 saturated carbocycles. The van der Waals surface area contributed by atoms with Crippen LogP contribution >= 0.6 is 0 Å². The zero-order valence-corrected chi connectivity index (χ0v) is 8.40. The minimum absolute atomic E-state index is 0.0495. The van der Waals surface area contributed by atoms with Crippen LogP contribution in [0, 0.1) is 0 Å². The first-order valence-electron chi connectivity index (χ1n) is 4.77. The second kappa shape index (κ2) is 8.23. The molecule has 0 saturated heterocycles. The molecule has 0 aliphatic carbocycles. The molecule has 0 aliphatic rings. The van der Waals surface area contributed by atoms with Gasteiger partial charge in [0.15, 0.2) is 5.78 Å². The molecular weight excluding hydrogens is 180 g/mol. The number of aliphatic carboxylic acids is 1. The largest absolute Gasteiger partial charge is 0.478 e. The van der Waals surface area contributed by atoms with Gasteiger partial charge in [-0.3, -0.25) is 4.79 Å². The van der Waals surface area contributed by atoms with Gasteiger partial charge in [-0.15, -0.1) is 0 Å². The molecule has 0 atom stereocenters. The molecule has 0 fully saturated rings. The highest BCUT2D eigenvalue weighted by atomic mass is 16.4. The Hall–Kier alpha value is -1.38. The van der Waals surface area contributed by atoms with Crippen LogP contribution < -0.4 is 0 Å². The summed E-state index contributed by atoms with van der Waals surface area (Å²) in [7, 11) is 0. The van der Waals surface area contributed by atoms with Gasteiger partial charge >= 0.3 is 5.97 Å². The Morgan fingerprint density at radius 3 is 2.36 bits per heavy atom. The van der Waals surface area contributed by atoms with Crippen molar-refractivity contribution in [3.8, 4) is 0 Å². The quantitative estimate of drug-likeness (QED) is 0.386. The van der Waals surface area contributed by atoms with E-state index in [9.17, 15) is 9.59 Å². The minimum Gasteiger partial charge on any atom is -0.478 e. The highest BCUT2D eigenvalue weighted by molar-refractivity contribution is 5.90. The normalized spacial score (nSPS) is 11.2. The summed E-state index contributed by atoms with van der Waals surface area (Å²) in [5, 5.41) is 8.25. The van der Waals surface area contributed by atoms with Crippen molar-refractivity contribution in [1.29, 1.82) is 0 Å². The van der Waals surface area contributed by atoms with Gasteiger partial charge in [-0.25, -0.2) is 4.79 Å². The lowest BCUT2D eigenvalue weighted by Crippen LogP contribution is -1.91. The molecule has 0 radical (unpaired) electrons. The summed E-state index contributed by atoms with van der Waals surface area (Å²) in [5.41, 5.74) is 0. The fourth-order valence-corrected chi connectivity index (χ4v) is 0.933. The molecule has 14 heavy (non-hydrogen) atoms. The van der Waals surface area contributed by atoms with E-state index in [4.69, 9.17) is 5.11 Å². The van der Waals surface area contributed by atoms with E-state index in [1.54, 1.807) is 0 Å². The number of carbonyl (C=O) groups excluding carboxylic acids is 1. The molecule has 0 aliphatic heterocycles. The van der Waals surface area contributed by atoms with Crippen molar-refractivity contribution in [2.24, 2.45) is 0 Å². The summed E-state index contributed by atoms with van der Waals surface area (Å²) < 4.78 is 0. The zero-order valence-electron chi connectivity index (χ0n) is 8.40. The maximum absolute atomic E-state index is 11.1. The summed E-state index contributed by atoms with van der Waals surface area (Å²) in [6.07, 6.45) is 8.82. The molecule has 0 heterocycles. The van der Waals surface area contributed by atoms with Crippen LogP contribution in [0.25, 0.3) is 0 Å². The fraction of sp³-hybridized carbons (Fsp3) is 0.455. The van der Waals surface area contributed by atoms with Crippen molar-refractivity contribution in [2.75, 3.05) is 0 Å². The first kappa shape index (κ1) is 12.6. The summed E-state index contributed by atoms with van der Waals surface area (Å²) in [4.78, 5) is 21.1. The van der Waals surface area contributed by atoms with Gasteiger partial charge in [0, 0.05) is 12.5 Å². The molecule has 0 bridgehead atoms. The number of unbranched alkanes of at least 4 members (excludes halogenated alkanes) is 2. The van der Waals surface area contributed by atoms with Crippen LogP contribution in [0.4, 0.5) is 0 Å². The van der Waals surface area contributed by atoms with Crippen molar-refractivity contribution in [3.05, 3.63) is 24.3 Å². The Bertz CT molecular complexity index is 239. The van der Waals surface area contributed by atoms with E-state index in [1.165, 1.54) is 18.2 Å². The van der Waals surface area contributed by atoms with Crippen LogP contribution in [0.5, 0.6) is 0 Å². The van der Waals surface area contributed by atoms with E-state index in [-0.39, 0.29) is 5.78 Å². The Balaban J connectivity index is 3.66. The molecule has 0 amide bonds. The van der Waals surface area contributed by atoms with E-state index in [0.717, 1.165) is 25.3 Å². The smallest absolute Gasteiger partial charge is 0.328 e. The van der Waals surface area contributed by atoms with E-state index >= 15 is 0 Å². The second-order valence-corrected chi connectivity index (χ2v) is 2.98. The first-order chi connectivity index (χ1) is 6.66. The van der Waals surface area contributed by atoms with Crippen molar-refractivity contribution < 1.29 is 14.7 Å². The first-order valence-corrected chi connectivity index (χ1v) is 4.77. The Kier molecular flexibility index (Phi) is 7.42. The van der Waals surface area contributed by atoms with Gasteiger partial charge in [-0.05, 0) is 12.5 Å². The van der Waals surface area contributed by atoms with E-state index in [0.29, 0.717) is 6.42 Å². The van der Waals surface area contributed by atoms with Crippen LogP contribution in [0.15, 0.2) is 24.3 Å². The molecule has 0 unspecified atom stereocenters. The average molecular weight is 196 g/mol. The van der Waals surface area contributed by atoms with E-state index in [1.807, 2.05) is 0 Å². The average Bonchev–Trinajstić information content (AvgIpc) is 2.13. The number of carbonyl (C=O) groups is 2. The molecule has 0 aromatic heterocycles. The zero-order chi connectivity index (χ0) is 10.8. The molecule has 0 aromatic carbocycles. The van der Waals surface area contributed by atoms with Gasteiger partial charge in [0.2, 0.25) is 0 Å². The monoisotopic (exact) mass is 196 g/mol. The molecule has 0 rings (SSSR count). The molecule has 3 heteroatoms. The van der Waals surface area contributed by atoms with Crippen molar-refractivity contribution in [3.63, 3.8) is 0 Å². The van der Waals surface area contributed by atoms with E-state index in [2.05, 4.69) is 6.92 Å². The number of allylic oxidation sites excluding steroid dienone is 3. The number of hydrogen-bond acceptors (Lipinski definition) is 2. The van der Waals surface area contributed by atoms with Crippen LogP contribution in [0.3, 0.4) is 0 Å². The molecule has 0 spiro atoms. The molecule has 78 valence electrons. The van der Waals surface area contributed by atoms with Crippen LogP contribution in [0.1, 0.15) is 32.6 Å². The van der Waals surface area contributed by atoms with Gasteiger partial charge in [0.25, 0.3) is 0 Å². The lowest BCUT2D eigenvalue weighted by Gasteiger charge is -1.92. The van der Waals surface area contributed by atoms with Crippen molar-refractivity contribution in [1.82, 2.24) is 0 Å². The van der Waals surface area contributed by atoms with Crippen LogP contribution in [0.2, 0.25) is 0 Å². The van der Waals surface area contributed by atoms with Crippen LogP contribution in [-0.4, -0.2) is 16.9 Å². The number of ketones is 1. The lowest BCUT2D eigenvalue weighted by atomic mass is 10.1. The maximum atomic E-state index is 11.1. The Morgan fingerprint density at radius 2 is 1.79 bits per heavy atom. The predicted octanol–water partition coefficient (Wildman–Crippen LogP) is 2.33. The predicted molar refractivity (Wildman–Crippen MR) is 55.1 cm³/mol. The van der Waals surface area contributed by atoms with E-state index < -0.39 is 5.97 Å². The lowest BCUT2D eigenvalue weighted by molar-refractivity contribution is -0.131. The standard InChI is InChI=1S/C11H16O3/c1-2-3-4-7-10(12)8-5-6-9-11(13)14/h5-6,8-9H,2-4,7H2,1H3,(H,13,14)/b8-5+,9-6+. The van der Waals surface area contributed by atoms with Gasteiger partial charge in [-0.1, -0.05) is 31.9 Å². The Morgan fingerprint density at radius 1 is 1.14 bits per heavy atom. The number of carboxylic acid groups (broad SMARTS) is 1. The summed E-state index contributed by atoms with van der Waals surface area (Å²) in [6, 6.07) is 0. The summed E-state index contributed by atoms with van der Waals surface area (Å²) in [6.45, 7) is 2.08. The summed E-state index contributed by atoms with van der Waals surface area (Å²) in [5.74, 6) is -0.957. The third-order valence-corrected chi connectivity index (χ3v) is 1.66. The van der Waals surface area contributed by atoms with Crippen molar-refractivity contribution >= 4 is 11.8 Å². The minimum atomic E-state index is -1.01. The van der Waals surface area contributed by atoms with Gasteiger partial charge < -0.3 is 5.11 Å². The molecule has 3 nitrogen and oxygen atoms in total. The SMILES string of the molecule is CCCCCC(=O)/C=C/C=C/C(=O)O. The number of hydrogen-bond donors (Lipinski definition) is 1. The van der Waals surface area contributed by atoms with Gasteiger partial charge in [0.05, 0.1) is 0 Å². The van der Waals surface area contributed by atoms with Gasteiger partial charge in [0.1, 0.15) is 0 Å². The topological polar surface area (TPSA) is 54.4 Å². The number of rotatable bonds is 7. The van der Waals surface area contributed by atoms with Gasteiger partial charge in [-0.2, -0.15) is 0 Å². The Labute approximate surface area is 84.1 Å². The van der Waals surface area contributed by atoms with Crippen LogP contribution in [-0.2, 0) is 9.59 Å². The van der Waals surface area contributed by atoms with Crippen molar-refractivity contribution in [2.45, 2.75) is 32.6 Å². The highest BCUT2D eigenvalue weighted by Crippen LogP contribution is 2.00. The fourth-order valence-electron chi connectivity index (χ4n) is 0.933. The molecular formula is C11H16O3. The third-order valence-electron chi connectivity index (χ3n) is 1.66. The maximum Gasteiger partial charge on any atom is 0.328 e. The third kappa shape index (κ3) is 8.71. The molecule has 0 aromatic rings. The number of carboxylic acids is 1. The highest BCUT2D eigenvalue weighted by Gasteiger charge is 1.94. The second-order valence-electron chi connectivity index (χ2n) is 2.98.